The minimum atomic E-state index is -0.784. The van der Waals surface area contributed by atoms with E-state index in [0.717, 1.165) is 89.9 Å². The molecule has 0 aliphatic heterocycles. The summed E-state index contributed by atoms with van der Waals surface area (Å²) in [6.45, 7) is 6.59. The lowest BCUT2D eigenvalue weighted by molar-refractivity contribution is -0.167. The second-order valence-corrected chi connectivity index (χ2v) is 18.1. The Morgan fingerprint density at radius 1 is 0.317 bits per heavy atom. The normalized spacial score (nSPS) is 12.4. The average molecular weight is 883 g/mol. The molecule has 0 bridgehead atoms. The van der Waals surface area contributed by atoms with Gasteiger partial charge in [0, 0.05) is 19.3 Å². The molecule has 0 aromatic rings. The first kappa shape index (κ1) is 60.4. The van der Waals surface area contributed by atoms with Gasteiger partial charge in [0.2, 0.25) is 0 Å². The number of esters is 3. The first-order chi connectivity index (χ1) is 31.0. The van der Waals surface area contributed by atoms with Crippen LogP contribution in [-0.2, 0) is 28.6 Å². The van der Waals surface area contributed by atoms with Crippen molar-refractivity contribution >= 4 is 17.9 Å². The lowest BCUT2D eigenvalue weighted by atomic mass is 10.1. The molecular weight excluding hydrogens is 781 g/mol. The maximum Gasteiger partial charge on any atom is 0.306 e. The van der Waals surface area contributed by atoms with Crippen molar-refractivity contribution in [3.05, 3.63) is 48.6 Å². The fourth-order valence-corrected chi connectivity index (χ4v) is 7.64. The van der Waals surface area contributed by atoms with Crippen molar-refractivity contribution in [2.24, 2.45) is 0 Å². The quantitative estimate of drug-likeness (QED) is 0.0262. The molecule has 0 spiro atoms. The van der Waals surface area contributed by atoms with Crippen LogP contribution in [-0.4, -0.2) is 37.2 Å². The molecule has 0 saturated heterocycles. The van der Waals surface area contributed by atoms with Gasteiger partial charge >= 0.3 is 17.9 Å². The van der Waals surface area contributed by atoms with Crippen LogP contribution >= 0.6 is 0 Å². The van der Waals surface area contributed by atoms with Crippen LogP contribution in [0.25, 0.3) is 0 Å². The van der Waals surface area contributed by atoms with E-state index in [0.29, 0.717) is 19.3 Å². The minimum Gasteiger partial charge on any atom is -0.462 e. The first-order valence-corrected chi connectivity index (χ1v) is 27.1. The molecule has 0 unspecified atom stereocenters. The Morgan fingerprint density at radius 3 is 0.937 bits per heavy atom. The molecule has 0 aliphatic carbocycles. The third kappa shape index (κ3) is 50.2. The topological polar surface area (TPSA) is 78.9 Å². The van der Waals surface area contributed by atoms with E-state index < -0.39 is 6.10 Å². The van der Waals surface area contributed by atoms with Crippen LogP contribution in [0, 0.1) is 0 Å². The van der Waals surface area contributed by atoms with Crippen LogP contribution in [0.3, 0.4) is 0 Å². The molecule has 366 valence electrons. The van der Waals surface area contributed by atoms with E-state index in [9.17, 15) is 14.4 Å². The molecule has 1 atom stereocenters. The Morgan fingerprint density at radius 2 is 0.571 bits per heavy atom. The average Bonchev–Trinajstić information content (AvgIpc) is 3.28. The highest BCUT2D eigenvalue weighted by atomic mass is 16.6. The summed E-state index contributed by atoms with van der Waals surface area (Å²) in [4.78, 5) is 38.0. The van der Waals surface area contributed by atoms with Crippen LogP contribution in [0.15, 0.2) is 48.6 Å². The molecule has 0 aliphatic rings. The minimum absolute atomic E-state index is 0.0827. The zero-order valence-electron chi connectivity index (χ0n) is 41.8. The Balaban J connectivity index is 4.41. The standard InChI is InChI=1S/C57H102O6/c1-4-7-10-13-16-19-22-25-28-31-34-37-40-43-46-49-55(58)61-52-54(63-57(60)51-48-45-42-39-36-33-30-27-24-21-18-15-12-9-6-3)53-62-56(59)50-47-44-41-38-35-32-29-26-23-20-17-14-11-8-5-2/h18-19,21-22,26-27,29-30,54H,4-17,20,23-25,28,31-53H2,1-3H3/b21-18-,22-19-,29-26-,30-27-/t54-/m0/s1. The highest BCUT2D eigenvalue weighted by Crippen LogP contribution is 2.14. The van der Waals surface area contributed by atoms with Crippen molar-refractivity contribution in [1.82, 2.24) is 0 Å². The summed E-state index contributed by atoms with van der Waals surface area (Å²) in [6, 6.07) is 0. The number of hydrogen-bond donors (Lipinski definition) is 0. The molecule has 0 radical (unpaired) electrons. The van der Waals surface area contributed by atoms with Crippen molar-refractivity contribution in [3.8, 4) is 0 Å². The maximum atomic E-state index is 12.8. The van der Waals surface area contributed by atoms with Crippen molar-refractivity contribution in [2.45, 2.75) is 284 Å². The van der Waals surface area contributed by atoms with E-state index in [1.807, 2.05) is 0 Å². The van der Waals surface area contributed by atoms with E-state index in [1.54, 1.807) is 0 Å². The highest BCUT2D eigenvalue weighted by Gasteiger charge is 2.19. The summed E-state index contributed by atoms with van der Waals surface area (Å²) < 4.78 is 16.8. The second kappa shape index (κ2) is 52.0. The fourth-order valence-electron chi connectivity index (χ4n) is 7.64. The number of rotatable bonds is 49. The molecule has 0 heterocycles. The van der Waals surface area contributed by atoms with Crippen molar-refractivity contribution < 1.29 is 28.6 Å². The Hall–Kier alpha value is -2.63. The largest absolute Gasteiger partial charge is 0.462 e. The number of unbranched alkanes of at least 4 members (excludes halogenated alkanes) is 30. The Bertz CT molecular complexity index is 1110. The third-order valence-corrected chi connectivity index (χ3v) is 11.8. The molecule has 0 aromatic heterocycles. The van der Waals surface area contributed by atoms with Gasteiger partial charge < -0.3 is 14.2 Å². The summed E-state index contributed by atoms with van der Waals surface area (Å²) in [5.74, 6) is -0.901. The van der Waals surface area contributed by atoms with Crippen LogP contribution < -0.4 is 0 Å². The molecule has 0 fully saturated rings. The van der Waals surface area contributed by atoms with Gasteiger partial charge in [-0.3, -0.25) is 14.4 Å². The number of carbonyl (C=O) groups is 3. The van der Waals surface area contributed by atoms with Crippen LogP contribution in [0.2, 0.25) is 0 Å². The molecular formula is C57H102O6. The summed E-state index contributed by atoms with van der Waals surface area (Å²) in [5, 5.41) is 0. The summed E-state index contributed by atoms with van der Waals surface area (Å²) >= 11 is 0. The Kier molecular flexibility index (Phi) is 49.8. The van der Waals surface area contributed by atoms with E-state index in [2.05, 4.69) is 69.4 Å². The number of carbonyl (C=O) groups excluding carboxylic acids is 3. The predicted molar refractivity (Wildman–Crippen MR) is 270 cm³/mol. The van der Waals surface area contributed by atoms with Crippen LogP contribution in [0.4, 0.5) is 0 Å². The maximum absolute atomic E-state index is 12.8. The second-order valence-electron chi connectivity index (χ2n) is 18.1. The van der Waals surface area contributed by atoms with Gasteiger partial charge in [0.05, 0.1) is 0 Å². The summed E-state index contributed by atoms with van der Waals surface area (Å²) in [5.41, 5.74) is 0. The molecule has 0 rings (SSSR count). The highest BCUT2D eigenvalue weighted by molar-refractivity contribution is 5.71. The molecule has 0 aromatic carbocycles. The van der Waals surface area contributed by atoms with E-state index in [4.69, 9.17) is 14.2 Å². The van der Waals surface area contributed by atoms with Gasteiger partial charge in [-0.2, -0.15) is 0 Å². The van der Waals surface area contributed by atoms with Crippen molar-refractivity contribution in [1.29, 1.82) is 0 Å². The predicted octanol–water partition coefficient (Wildman–Crippen LogP) is 17.9. The smallest absolute Gasteiger partial charge is 0.306 e. The number of ether oxygens (including phenoxy) is 3. The number of allylic oxidation sites excluding steroid dienone is 8. The van der Waals surface area contributed by atoms with E-state index >= 15 is 0 Å². The molecule has 6 nitrogen and oxygen atoms in total. The monoisotopic (exact) mass is 883 g/mol. The molecule has 0 saturated carbocycles. The third-order valence-electron chi connectivity index (χ3n) is 11.8. The fraction of sp³-hybridized carbons (Fsp3) is 0.807. The molecule has 63 heavy (non-hydrogen) atoms. The molecule has 6 heteroatoms. The zero-order valence-corrected chi connectivity index (χ0v) is 41.8. The van der Waals surface area contributed by atoms with Gasteiger partial charge in [-0.25, -0.2) is 0 Å². The van der Waals surface area contributed by atoms with Crippen molar-refractivity contribution in [2.75, 3.05) is 13.2 Å². The SMILES string of the molecule is CCCCC/C=C\C/C=C\CCCCCCCC(=O)O[C@H](COC(=O)CCCCCCC/C=C\CCCCCCCC)COC(=O)CCCCCCCCC/C=C\CCCCCC. The Labute approximate surface area is 390 Å². The molecule has 0 N–H and O–H groups in total. The van der Waals surface area contributed by atoms with Gasteiger partial charge in [-0.1, -0.05) is 204 Å². The van der Waals surface area contributed by atoms with E-state index in [-0.39, 0.29) is 31.1 Å². The van der Waals surface area contributed by atoms with Crippen LogP contribution in [0.5, 0.6) is 0 Å². The van der Waals surface area contributed by atoms with Gasteiger partial charge in [0.25, 0.3) is 0 Å². The zero-order chi connectivity index (χ0) is 45.8. The number of hydrogen-bond acceptors (Lipinski definition) is 6. The van der Waals surface area contributed by atoms with Crippen molar-refractivity contribution in [3.63, 3.8) is 0 Å². The summed E-state index contributed by atoms with van der Waals surface area (Å²) in [7, 11) is 0. The van der Waals surface area contributed by atoms with Gasteiger partial charge in [0.15, 0.2) is 6.10 Å². The lowest BCUT2D eigenvalue weighted by Crippen LogP contribution is -2.30. The van der Waals surface area contributed by atoms with Crippen LogP contribution in [0.1, 0.15) is 278 Å². The lowest BCUT2D eigenvalue weighted by Gasteiger charge is -2.18. The summed E-state index contributed by atoms with van der Waals surface area (Å²) in [6.07, 6.45) is 62.3. The van der Waals surface area contributed by atoms with E-state index in [1.165, 1.54) is 148 Å². The molecule has 0 amide bonds. The van der Waals surface area contributed by atoms with Gasteiger partial charge in [-0.15, -0.1) is 0 Å². The van der Waals surface area contributed by atoms with Gasteiger partial charge in [0.1, 0.15) is 13.2 Å². The van der Waals surface area contributed by atoms with Gasteiger partial charge in [-0.05, 0) is 103 Å². The first-order valence-electron chi connectivity index (χ1n) is 27.1.